The van der Waals surface area contributed by atoms with Crippen molar-refractivity contribution in [3.63, 3.8) is 0 Å². The zero-order chi connectivity index (χ0) is 15.0. The summed E-state index contributed by atoms with van der Waals surface area (Å²) in [6.45, 7) is 0.440. The van der Waals surface area contributed by atoms with Crippen molar-refractivity contribution >= 4 is 48.5 Å². The normalized spacial score (nSPS) is 11.0. The highest BCUT2D eigenvalue weighted by Crippen LogP contribution is 2.21. The van der Waals surface area contributed by atoms with E-state index in [0.717, 1.165) is 14.5 Å². The van der Waals surface area contributed by atoms with Gasteiger partial charge in [-0.3, -0.25) is 9.36 Å². The van der Waals surface area contributed by atoms with Crippen molar-refractivity contribution < 1.29 is 0 Å². The number of halogens is 2. The van der Waals surface area contributed by atoms with E-state index < -0.39 is 0 Å². The number of nitrogen functional groups attached to an aromatic ring is 1. The van der Waals surface area contributed by atoms with E-state index in [4.69, 9.17) is 5.73 Å². The van der Waals surface area contributed by atoms with Crippen molar-refractivity contribution in [1.29, 1.82) is 0 Å². The van der Waals surface area contributed by atoms with E-state index in [-0.39, 0.29) is 5.56 Å². The van der Waals surface area contributed by atoms with Crippen LogP contribution in [0.5, 0.6) is 0 Å². The molecule has 1 heterocycles. The van der Waals surface area contributed by atoms with E-state index >= 15 is 0 Å². The van der Waals surface area contributed by atoms with Gasteiger partial charge in [-0.1, -0.05) is 37.9 Å². The van der Waals surface area contributed by atoms with Gasteiger partial charge in [-0.2, -0.15) is 0 Å². The average Bonchev–Trinajstić information content (AvgIpc) is 2.45. The molecule has 3 aromatic rings. The van der Waals surface area contributed by atoms with Gasteiger partial charge in [-0.25, -0.2) is 4.98 Å². The molecule has 0 amide bonds. The van der Waals surface area contributed by atoms with Crippen molar-refractivity contribution in [2.24, 2.45) is 0 Å². The molecule has 0 saturated carbocycles. The van der Waals surface area contributed by atoms with Gasteiger partial charge in [0.2, 0.25) is 0 Å². The molecule has 2 aromatic carbocycles. The first-order valence-electron chi connectivity index (χ1n) is 6.23. The number of fused-ring (bicyclic) bond motifs is 1. The van der Waals surface area contributed by atoms with Gasteiger partial charge in [0.1, 0.15) is 0 Å². The molecular weight excluding hydrogens is 398 g/mol. The Morgan fingerprint density at radius 1 is 1.14 bits per heavy atom. The summed E-state index contributed by atoms with van der Waals surface area (Å²) in [6, 6.07) is 11.0. The lowest BCUT2D eigenvalue weighted by atomic mass is 10.2. The van der Waals surface area contributed by atoms with Gasteiger partial charge in [0.05, 0.1) is 23.8 Å². The van der Waals surface area contributed by atoms with Gasteiger partial charge >= 0.3 is 0 Å². The largest absolute Gasteiger partial charge is 0.399 e. The summed E-state index contributed by atoms with van der Waals surface area (Å²) in [5.41, 5.74) is 8.01. The number of anilines is 1. The van der Waals surface area contributed by atoms with Crippen LogP contribution >= 0.6 is 31.9 Å². The molecule has 2 N–H and O–H groups in total. The third kappa shape index (κ3) is 2.87. The number of nitrogens with two attached hydrogens (primary N) is 1. The number of aromatic nitrogens is 2. The van der Waals surface area contributed by atoms with Crippen LogP contribution in [0.3, 0.4) is 0 Å². The number of nitrogens with zero attached hydrogens (tertiary/aromatic N) is 2. The molecule has 6 heteroatoms. The van der Waals surface area contributed by atoms with Gasteiger partial charge in [-0.05, 0) is 35.9 Å². The highest BCUT2D eigenvalue weighted by molar-refractivity contribution is 9.10. The number of hydrogen-bond donors (Lipinski definition) is 1. The third-order valence-corrected chi connectivity index (χ3v) is 4.44. The zero-order valence-electron chi connectivity index (χ0n) is 10.9. The first-order valence-corrected chi connectivity index (χ1v) is 7.82. The molecule has 0 aliphatic rings. The van der Waals surface area contributed by atoms with E-state index in [1.807, 2.05) is 30.3 Å². The van der Waals surface area contributed by atoms with E-state index in [9.17, 15) is 4.79 Å². The summed E-state index contributed by atoms with van der Waals surface area (Å²) in [4.78, 5) is 16.9. The molecule has 0 bridgehead atoms. The van der Waals surface area contributed by atoms with Crippen LogP contribution in [0.15, 0.2) is 56.5 Å². The summed E-state index contributed by atoms with van der Waals surface area (Å²) >= 11 is 6.85. The molecule has 0 atom stereocenters. The van der Waals surface area contributed by atoms with Crippen molar-refractivity contribution in [2.75, 3.05) is 5.73 Å². The molecule has 0 unspecified atom stereocenters. The molecule has 0 fully saturated rings. The maximum Gasteiger partial charge on any atom is 0.261 e. The summed E-state index contributed by atoms with van der Waals surface area (Å²) in [5, 5.41) is 0.596. The lowest BCUT2D eigenvalue weighted by molar-refractivity contribution is 0.746. The fraction of sp³-hybridized carbons (Fsp3) is 0.0667. The Morgan fingerprint density at radius 3 is 2.71 bits per heavy atom. The molecule has 1 aromatic heterocycles. The van der Waals surface area contributed by atoms with Gasteiger partial charge < -0.3 is 5.73 Å². The molecule has 21 heavy (non-hydrogen) atoms. The Hall–Kier alpha value is -1.66. The molecule has 0 radical (unpaired) electrons. The predicted molar refractivity (Wildman–Crippen MR) is 91.4 cm³/mol. The number of benzene rings is 2. The molecule has 0 saturated heterocycles. The standard InChI is InChI=1S/C15H11Br2N3O/c16-10-2-4-14-12(5-10)15(21)20(8-19-14)7-9-1-3-11(18)6-13(9)17/h1-6,8H,7,18H2. The minimum atomic E-state index is -0.0648. The molecule has 4 nitrogen and oxygen atoms in total. The maximum atomic E-state index is 12.5. The Morgan fingerprint density at radius 2 is 1.95 bits per heavy atom. The fourth-order valence-electron chi connectivity index (χ4n) is 2.12. The van der Waals surface area contributed by atoms with Crippen LogP contribution in [-0.4, -0.2) is 9.55 Å². The van der Waals surface area contributed by atoms with E-state index in [2.05, 4.69) is 36.8 Å². The van der Waals surface area contributed by atoms with Crippen molar-refractivity contribution in [1.82, 2.24) is 9.55 Å². The summed E-state index contributed by atoms with van der Waals surface area (Å²) in [5.74, 6) is 0. The fourth-order valence-corrected chi connectivity index (χ4v) is 3.00. The second-order valence-corrected chi connectivity index (χ2v) is 6.46. The molecular formula is C15H11Br2N3O. The maximum absolute atomic E-state index is 12.5. The minimum absolute atomic E-state index is 0.0648. The van der Waals surface area contributed by atoms with E-state index in [0.29, 0.717) is 23.1 Å². The van der Waals surface area contributed by atoms with Gasteiger partial charge in [0.25, 0.3) is 5.56 Å². The molecule has 3 rings (SSSR count). The van der Waals surface area contributed by atoms with Crippen molar-refractivity contribution in [2.45, 2.75) is 6.54 Å². The SMILES string of the molecule is Nc1ccc(Cn2cnc3ccc(Br)cc3c2=O)c(Br)c1. The summed E-state index contributed by atoms with van der Waals surface area (Å²) in [7, 11) is 0. The zero-order valence-corrected chi connectivity index (χ0v) is 14.1. The topological polar surface area (TPSA) is 60.9 Å². The Labute approximate surface area is 137 Å². The Kier molecular flexibility index (Phi) is 3.82. The van der Waals surface area contributed by atoms with Crippen LogP contribution in [0.2, 0.25) is 0 Å². The van der Waals surface area contributed by atoms with Gasteiger partial charge in [-0.15, -0.1) is 0 Å². The number of rotatable bonds is 2. The quantitative estimate of drug-likeness (QED) is 0.659. The lowest BCUT2D eigenvalue weighted by Gasteiger charge is -2.09. The van der Waals surface area contributed by atoms with Crippen molar-refractivity contribution in [3.05, 3.63) is 67.6 Å². The van der Waals surface area contributed by atoms with Crippen molar-refractivity contribution in [3.8, 4) is 0 Å². The molecule has 0 aliphatic heterocycles. The highest BCUT2D eigenvalue weighted by atomic mass is 79.9. The first kappa shape index (κ1) is 14.3. The molecule has 0 spiro atoms. The number of hydrogen-bond acceptors (Lipinski definition) is 3. The Bertz CT molecular complexity index is 890. The summed E-state index contributed by atoms with van der Waals surface area (Å²) in [6.07, 6.45) is 1.57. The lowest BCUT2D eigenvalue weighted by Crippen LogP contribution is -2.21. The van der Waals surface area contributed by atoms with Crippen LogP contribution in [0.1, 0.15) is 5.56 Å². The second-order valence-electron chi connectivity index (χ2n) is 4.69. The molecule has 0 aliphatic carbocycles. The van der Waals surface area contributed by atoms with Crippen LogP contribution in [-0.2, 0) is 6.54 Å². The Balaban J connectivity index is 2.09. The van der Waals surface area contributed by atoms with Crippen LogP contribution in [0.4, 0.5) is 5.69 Å². The van der Waals surface area contributed by atoms with Gasteiger partial charge in [0.15, 0.2) is 0 Å². The van der Waals surface area contributed by atoms with Gasteiger partial charge in [0, 0.05) is 14.6 Å². The smallest absolute Gasteiger partial charge is 0.261 e. The second kappa shape index (κ2) is 5.61. The van der Waals surface area contributed by atoms with E-state index in [1.54, 1.807) is 17.0 Å². The average molecular weight is 409 g/mol. The summed E-state index contributed by atoms with van der Waals surface area (Å²) < 4.78 is 3.33. The highest BCUT2D eigenvalue weighted by Gasteiger charge is 2.07. The van der Waals surface area contributed by atoms with Crippen LogP contribution in [0, 0.1) is 0 Å². The first-order chi connectivity index (χ1) is 10.0. The monoisotopic (exact) mass is 407 g/mol. The van der Waals surface area contributed by atoms with E-state index in [1.165, 1.54) is 0 Å². The third-order valence-electron chi connectivity index (χ3n) is 3.20. The minimum Gasteiger partial charge on any atom is -0.399 e. The molecule has 106 valence electrons. The van der Waals surface area contributed by atoms with Crippen LogP contribution < -0.4 is 11.3 Å². The van der Waals surface area contributed by atoms with Crippen LogP contribution in [0.25, 0.3) is 10.9 Å². The predicted octanol–water partition coefficient (Wildman–Crippen LogP) is 3.55.